The molecule has 0 radical (unpaired) electrons. The highest BCUT2D eigenvalue weighted by Gasteiger charge is 2.27. The number of amides is 1. The van der Waals surface area contributed by atoms with Gasteiger partial charge in [-0.25, -0.2) is 13.4 Å². The predicted octanol–water partition coefficient (Wildman–Crippen LogP) is 4.27. The number of hydrogen-bond donors (Lipinski definition) is 1. The first-order chi connectivity index (χ1) is 16.3. The molecule has 1 amide bonds. The molecule has 10 heteroatoms. The van der Waals surface area contributed by atoms with Crippen LogP contribution in [0.1, 0.15) is 18.4 Å². The van der Waals surface area contributed by atoms with Crippen molar-refractivity contribution < 1.29 is 17.9 Å². The van der Waals surface area contributed by atoms with Gasteiger partial charge in [0.25, 0.3) is 0 Å². The zero-order chi connectivity index (χ0) is 23.9. The minimum absolute atomic E-state index is 0.0210. The SMILES string of the molecule is CS(=O)(=O)c1ccc(Oc2cc3nc(-c4ccccn4)[nH]c3cc2CN2C(=O)CCC2=S)cc1. The van der Waals surface area contributed by atoms with Gasteiger partial charge in [-0.15, -0.1) is 0 Å². The van der Waals surface area contributed by atoms with Gasteiger partial charge in [-0.2, -0.15) is 0 Å². The normalized spacial score (nSPS) is 14.2. The molecule has 3 heterocycles. The van der Waals surface area contributed by atoms with Crippen molar-refractivity contribution in [3.05, 3.63) is 66.4 Å². The number of hydrogen-bond acceptors (Lipinski definition) is 7. The van der Waals surface area contributed by atoms with Crippen LogP contribution >= 0.6 is 12.2 Å². The molecule has 1 N–H and O–H groups in total. The van der Waals surface area contributed by atoms with Gasteiger partial charge in [-0.3, -0.25) is 9.78 Å². The van der Waals surface area contributed by atoms with Gasteiger partial charge in [0.1, 0.15) is 17.2 Å². The number of imidazole rings is 1. The summed E-state index contributed by atoms with van der Waals surface area (Å²) < 4.78 is 29.7. The van der Waals surface area contributed by atoms with E-state index in [4.69, 9.17) is 17.0 Å². The average Bonchev–Trinajstić information content (AvgIpc) is 3.37. The highest BCUT2D eigenvalue weighted by molar-refractivity contribution is 7.90. The molecule has 1 fully saturated rings. The summed E-state index contributed by atoms with van der Waals surface area (Å²) in [7, 11) is -3.32. The van der Waals surface area contributed by atoms with E-state index >= 15 is 0 Å². The number of sulfone groups is 1. The standard InChI is InChI=1S/C24H20N4O4S2/c1-34(30,31)17-7-5-16(6-8-17)32-21-13-20-19(26-24(27-20)18-4-2-3-11-25-18)12-15(21)14-28-22(29)9-10-23(28)33/h2-8,11-13H,9-10,14H2,1H3,(H,26,27). The van der Waals surface area contributed by atoms with Crippen molar-refractivity contribution in [2.75, 3.05) is 6.26 Å². The first-order valence-corrected chi connectivity index (χ1v) is 12.8. The van der Waals surface area contributed by atoms with Crippen LogP contribution < -0.4 is 4.74 Å². The average molecular weight is 493 g/mol. The Kier molecular flexibility index (Phi) is 5.62. The lowest BCUT2D eigenvalue weighted by Crippen LogP contribution is -2.27. The van der Waals surface area contributed by atoms with Crippen LogP contribution in [0.4, 0.5) is 0 Å². The van der Waals surface area contributed by atoms with Crippen molar-refractivity contribution in [1.29, 1.82) is 0 Å². The fraction of sp³-hybridized carbons (Fsp3) is 0.167. The number of rotatable bonds is 6. The van der Waals surface area contributed by atoms with Crippen LogP contribution in [-0.4, -0.2) is 45.4 Å². The van der Waals surface area contributed by atoms with E-state index in [1.54, 1.807) is 29.3 Å². The Morgan fingerprint density at radius 1 is 1.12 bits per heavy atom. The van der Waals surface area contributed by atoms with Gasteiger partial charge in [0, 0.05) is 36.9 Å². The lowest BCUT2D eigenvalue weighted by Gasteiger charge is -2.18. The quantitative estimate of drug-likeness (QED) is 0.401. The number of ether oxygens (including phenoxy) is 1. The molecule has 2 aromatic heterocycles. The molecular formula is C24H20N4O4S2. The number of carbonyl (C=O) groups excluding carboxylic acids is 1. The number of aromatic amines is 1. The Balaban J connectivity index is 1.55. The van der Waals surface area contributed by atoms with Crippen molar-refractivity contribution >= 4 is 44.0 Å². The van der Waals surface area contributed by atoms with Crippen LogP contribution in [0, 0.1) is 0 Å². The van der Waals surface area contributed by atoms with Gasteiger partial charge in [-0.05, 0) is 42.5 Å². The lowest BCUT2D eigenvalue weighted by atomic mass is 10.1. The topological polar surface area (TPSA) is 105 Å². The molecule has 34 heavy (non-hydrogen) atoms. The van der Waals surface area contributed by atoms with Crippen molar-refractivity contribution in [3.8, 4) is 23.0 Å². The van der Waals surface area contributed by atoms with Crippen molar-refractivity contribution in [2.24, 2.45) is 0 Å². The minimum atomic E-state index is -3.32. The smallest absolute Gasteiger partial charge is 0.228 e. The van der Waals surface area contributed by atoms with Gasteiger partial charge in [0.2, 0.25) is 5.91 Å². The molecule has 0 atom stereocenters. The monoisotopic (exact) mass is 492 g/mol. The highest BCUT2D eigenvalue weighted by atomic mass is 32.2. The van der Waals surface area contributed by atoms with Gasteiger partial charge in [-0.1, -0.05) is 18.3 Å². The maximum Gasteiger partial charge on any atom is 0.228 e. The summed E-state index contributed by atoms with van der Waals surface area (Å²) in [6, 6.07) is 15.5. The van der Waals surface area contributed by atoms with Crippen LogP contribution in [0.2, 0.25) is 0 Å². The van der Waals surface area contributed by atoms with Gasteiger partial charge >= 0.3 is 0 Å². The third-order valence-corrected chi connectivity index (χ3v) is 7.09. The zero-order valence-electron chi connectivity index (χ0n) is 18.2. The van der Waals surface area contributed by atoms with E-state index < -0.39 is 9.84 Å². The Bertz CT molecular complexity index is 1500. The third kappa shape index (κ3) is 4.42. The van der Waals surface area contributed by atoms with Gasteiger partial charge < -0.3 is 14.6 Å². The van der Waals surface area contributed by atoms with Crippen LogP contribution in [0.15, 0.2) is 65.7 Å². The van der Waals surface area contributed by atoms with Crippen molar-refractivity contribution in [2.45, 2.75) is 24.3 Å². The zero-order valence-corrected chi connectivity index (χ0v) is 19.8. The van der Waals surface area contributed by atoms with E-state index in [-0.39, 0.29) is 17.3 Å². The summed E-state index contributed by atoms with van der Waals surface area (Å²) in [6.07, 6.45) is 3.82. The summed E-state index contributed by atoms with van der Waals surface area (Å²) in [5.41, 5.74) is 2.89. The summed E-state index contributed by atoms with van der Waals surface area (Å²) in [5.74, 6) is 1.56. The van der Waals surface area contributed by atoms with E-state index in [1.165, 1.54) is 12.1 Å². The lowest BCUT2D eigenvalue weighted by molar-refractivity contribution is -0.126. The second-order valence-corrected chi connectivity index (χ2v) is 10.5. The van der Waals surface area contributed by atoms with Crippen LogP contribution in [-0.2, 0) is 21.2 Å². The number of aromatic nitrogens is 3. The largest absolute Gasteiger partial charge is 0.457 e. The van der Waals surface area contributed by atoms with Crippen LogP contribution in [0.5, 0.6) is 11.5 Å². The Labute approximate surface area is 201 Å². The van der Waals surface area contributed by atoms with Gasteiger partial charge in [0.15, 0.2) is 15.7 Å². The Morgan fingerprint density at radius 3 is 2.56 bits per heavy atom. The van der Waals surface area contributed by atoms with Crippen molar-refractivity contribution in [3.63, 3.8) is 0 Å². The molecular weight excluding hydrogens is 472 g/mol. The van der Waals surface area contributed by atoms with E-state index in [2.05, 4.69) is 15.0 Å². The van der Waals surface area contributed by atoms with E-state index in [0.29, 0.717) is 46.4 Å². The number of likely N-dealkylation sites (tertiary alicyclic amines) is 1. The van der Waals surface area contributed by atoms with E-state index in [0.717, 1.165) is 17.3 Å². The third-order valence-electron chi connectivity index (χ3n) is 5.53. The summed E-state index contributed by atoms with van der Waals surface area (Å²) >= 11 is 5.38. The molecule has 0 aliphatic carbocycles. The van der Waals surface area contributed by atoms with Crippen molar-refractivity contribution in [1.82, 2.24) is 19.9 Å². The first-order valence-electron chi connectivity index (χ1n) is 10.5. The molecule has 172 valence electrons. The number of fused-ring (bicyclic) bond motifs is 1. The fourth-order valence-electron chi connectivity index (χ4n) is 3.78. The summed E-state index contributed by atoms with van der Waals surface area (Å²) in [6.45, 7) is 0.266. The molecule has 1 saturated heterocycles. The number of carbonyl (C=O) groups is 1. The molecule has 0 unspecified atom stereocenters. The number of pyridine rings is 1. The number of thiocarbonyl (C=S) groups is 1. The predicted molar refractivity (Wildman–Crippen MR) is 131 cm³/mol. The molecule has 5 rings (SSSR count). The van der Waals surface area contributed by atoms with E-state index in [9.17, 15) is 13.2 Å². The molecule has 1 aliphatic heterocycles. The van der Waals surface area contributed by atoms with Crippen LogP contribution in [0.25, 0.3) is 22.6 Å². The highest BCUT2D eigenvalue weighted by Crippen LogP contribution is 2.33. The minimum Gasteiger partial charge on any atom is -0.457 e. The number of nitrogens with one attached hydrogen (secondary N) is 1. The second kappa shape index (κ2) is 8.62. The van der Waals surface area contributed by atoms with E-state index in [1.807, 2.05) is 24.3 Å². The Hall–Kier alpha value is -3.63. The summed E-state index contributed by atoms with van der Waals surface area (Å²) in [4.78, 5) is 27.0. The first kappa shape index (κ1) is 22.2. The maximum atomic E-state index is 12.4. The van der Waals surface area contributed by atoms with Gasteiger partial charge in [0.05, 0.1) is 27.5 Å². The molecule has 0 spiro atoms. The Morgan fingerprint density at radius 2 is 1.91 bits per heavy atom. The number of H-pyrrole nitrogens is 1. The second-order valence-electron chi connectivity index (χ2n) is 8.00. The van der Waals surface area contributed by atoms with Crippen LogP contribution in [0.3, 0.4) is 0 Å². The molecule has 1 aliphatic rings. The molecule has 8 nitrogen and oxygen atoms in total. The fourth-order valence-corrected chi connectivity index (χ4v) is 4.68. The number of benzene rings is 2. The molecule has 4 aromatic rings. The molecule has 0 saturated carbocycles. The summed E-state index contributed by atoms with van der Waals surface area (Å²) in [5, 5.41) is 0. The number of nitrogens with zero attached hydrogens (tertiary/aromatic N) is 3. The molecule has 0 bridgehead atoms. The maximum absolute atomic E-state index is 12.4. The molecule has 2 aromatic carbocycles.